The van der Waals surface area contributed by atoms with Crippen LogP contribution in [0.1, 0.15) is 54.2 Å². The molecule has 3 rings (SSSR count). The summed E-state index contributed by atoms with van der Waals surface area (Å²) >= 11 is 1.13. The van der Waals surface area contributed by atoms with Crippen molar-refractivity contribution in [1.82, 2.24) is 10.3 Å². The fourth-order valence-corrected chi connectivity index (χ4v) is 5.15. The number of primary amides is 1. The first-order chi connectivity index (χ1) is 16.8. The van der Waals surface area contributed by atoms with Gasteiger partial charge in [-0.15, -0.1) is 0 Å². The number of nitrogens with one attached hydrogen (secondary N) is 1. The quantitative estimate of drug-likeness (QED) is 0.473. The minimum Gasteiger partial charge on any atom is -0.368 e. The summed E-state index contributed by atoms with van der Waals surface area (Å²) in [5, 5.41) is 22.5. The van der Waals surface area contributed by atoms with E-state index in [2.05, 4.69) is 17.5 Å². The number of nitriles is 2. The molecule has 0 radical (unpaired) electrons. The third-order valence-corrected chi connectivity index (χ3v) is 7.23. The average molecular weight is 492 g/mol. The van der Waals surface area contributed by atoms with E-state index >= 15 is 0 Å². The molecule has 2 amide bonds. The summed E-state index contributed by atoms with van der Waals surface area (Å²) < 4.78 is 0. The summed E-state index contributed by atoms with van der Waals surface area (Å²) in [6, 6.07) is 12.9. The standard InChI is InChI=1S/C25H29N7O2S/c1-3-18-19(13-26)23(32-11-9-17(10-12-32)30-24(34)15(2)28)31-25(20(18)14-27)35-21(22(29)33)16-7-5-4-6-8-16/h4-8,15,17,21H,3,9-12,28H2,1-2H3,(H2,29,33)(H,30,34)/t15-,21?/m1/s1. The van der Waals surface area contributed by atoms with Gasteiger partial charge in [0.1, 0.15) is 28.2 Å². The number of carbonyl (C=O) groups excluding carboxylic acids is 2. The second-order valence-electron chi connectivity index (χ2n) is 8.42. The summed E-state index contributed by atoms with van der Waals surface area (Å²) in [7, 11) is 0. The second kappa shape index (κ2) is 11.7. The van der Waals surface area contributed by atoms with E-state index in [-0.39, 0.29) is 11.9 Å². The van der Waals surface area contributed by atoms with Gasteiger partial charge in [-0.3, -0.25) is 9.59 Å². The van der Waals surface area contributed by atoms with Crippen LogP contribution in [0.4, 0.5) is 5.82 Å². The molecule has 2 aromatic rings. The molecule has 9 nitrogen and oxygen atoms in total. The maximum Gasteiger partial charge on any atom is 0.236 e. The van der Waals surface area contributed by atoms with Gasteiger partial charge in [-0.25, -0.2) is 4.98 Å². The van der Waals surface area contributed by atoms with Crippen molar-refractivity contribution in [2.24, 2.45) is 11.5 Å². The summed E-state index contributed by atoms with van der Waals surface area (Å²) in [5.41, 5.74) is 13.3. The average Bonchev–Trinajstić information content (AvgIpc) is 2.86. The van der Waals surface area contributed by atoms with Crippen LogP contribution in [0, 0.1) is 22.7 Å². The van der Waals surface area contributed by atoms with Gasteiger partial charge in [-0.1, -0.05) is 49.0 Å². The first-order valence-electron chi connectivity index (χ1n) is 11.5. The van der Waals surface area contributed by atoms with Gasteiger partial charge in [-0.05, 0) is 37.3 Å². The Labute approximate surface area is 209 Å². The third-order valence-electron chi connectivity index (χ3n) is 5.97. The maximum atomic E-state index is 12.3. The van der Waals surface area contributed by atoms with Crippen molar-refractivity contribution in [3.8, 4) is 12.1 Å². The molecule has 35 heavy (non-hydrogen) atoms. The molecular weight excluding hydrogens is 462 g/mol. The zero-order valence-corrected chi connectivity index (χ0v) is 20.6. The van der Waals surface area contributed by atoms with Gasteiger partial charge in [0.25, 0.3) is 0 Å². The smallest absolute Gasteiger partial charge is 0.236 e. The van der Waals surface area contributed by atoms with E-state index in [0.717, 1.165) is 11.8 Å². The molecule has 1 saturated heterocycles. The highest BCUT2D eigenvalue weighted by Crippen LogP contribution is 2.39. The Hall–Kier alpha value is -3.60. The Morgan fingerprint density at radius 1 is 1.20 bits per heavy atom. The number of thioether (sulfide) groups is 1. The van der Waals surface area contributed by atoms with Gasteiger partial charge in [0.05, 0.1) is 17.2 Å². The van der Waals surface area contributed by atoms with Crippen molar-refractivity contribution in [1.29, 1.82) is 10.5 Å². The zero-order chi connectivity index (χ0) is 25.5. The number of anilines is 1. The van der Waals surface area contributed by atoms with Crippen molar-refractivity contribution >= 4 is 29.4 Å². The lowest BCUT2D eigenvalue weighted by Gasteiger charge is -2.34. The summed E-state index contributed by atoms with van der Waals surface area (Å²) in [6.07, 6.45) is 1.80. The minimum absolute atomic E-state index is 0.00881. The maximum absolute atomic E-state index is 12.3. The molecule has 0 aliphatic carbocycles. The molecule has 1 unspecified atom stereocenters. The molecule has 0 spiro atoms. The molecular formula is C25H29N7O2S. The lowest BCUT2D eigenvalue weighted by molar-refractivity contribution is -0.122. The van der Waals surface area contributed by atoms with Crippen LogP contribution in [-0.2, 0) is 16.0 Å². The lowest BCUT2D eigenvalue weighted by Crippen LogP contribution is -2.49. The third kappa shape index (κ3) is 5.91. The molecule has 1 aromatic carbocycles. The topological polar surface area (TPSA) is 162 Å². The highest BCUT2D eigenvalue weighted by Gasteiger charge is 2.29. The number of aromatic nitrogens is 1. The van der Waals surface area contributed by atoms with Crippen LogP contribution in [0.5, 0.6) is 0 Å². The Morgan fingerprint density at radius 2 is 1.83 bits per heavy atom. The van der Waals surface area contributed by atoms with Gasteiger partial charge in [0.2, 0.25) is 11.8 Å². The van der Waals surface area contributed by atoms with Crippen LogP contribution in [0.2, 0.25) is 0 Å². The molecule has 2 atom stereocenters. The van der Waals surface area contributed by atoms with Crippen LogP contribution in [0.15, 0.2) is 35.4 Å². The van der Waals surface area contributed by atoms with E-state index in [0.29, 0.717) is 65.4 Å². The Bertz CT molecular complexity index is 1160. The lowest BCUT2D eigenvalue weighted by atomic mass is 9.99. The van der Waals surface area contributed by atoms with Gasteiger partial charge in [0, 0.05) is 19.1 Å². The molecule has 2 heterocycles. The van der Waals surface area contributed by atoms with Gasteiger partial charge < -0.3 is 21.7 Å². The predicted octanol–water partition coefficient (Wildman–Crippen LogP) is 2.14. The van der Waals surface area contributed by atoms with E-state index in [1.54, 1.807) is 19.1 Å². The van der Waals surface area contributed by atoms with Crippen molar-refractivity contribution in [2.45, 2.75) is 55.5 Å². The zero-order valence-electron chi connectivity index (χ0n) is 19.8. The number of hydrogen-bond acceptors (Lipinski definition) is 8. The van der Waals surface area contributed by atoms with E-state index in [4.69, 9.17) is 16.5 Å². The summed E-state index contributed by atoms with van der Waals surface area (Å²) in [5.74, 6) is -0.247. The SMILES string of the molecule is CCc1c(C#N)c(SC(C(N)=O)c2ccccc2)nc(N2CCC(NC(=O)[C@@H](C)N)CC2)c1C#N. The van der Waals surface area contributed by atoms with E-state index in [1.165, 1.54) is 0 Å². The number of piperidine rings is 1. The normalized spacial score (nSPS) is 15.5. The number of pyridine rings is 1. The molecule has 1 aliphatic rings. The Kier molecular flexibility index (Phi) is 8.69. The van der Waals surface area contributed by atoms with Crippen molar-refractivity contribution < 1.29 is 9.59 Å². The number of amides is 2. The predicted molar refractivity (Wildman–Crippen MR) is 134 cm³/mol. The first kappa shape index (κ1) is 26.0. The molecule has 0 saturated carbocycles. The minimum atomic E-state index is -0.736. The number of nitrogens with two attached hydrogens (primary N) is 2. The van der Waals surface area contributed by atoms with Crippen molar-refractivity contribution in [3.05, 3.63) is 52.6 Å². The molecule has 5 N–H and O–H groups in total. The van der Waals surface area contributed by atoms with E-state index < -0.39 is 17.2 Å². The van der Waals surface area contributed by atoms with Crippen molar-refractivity contribution in [3.63, 3.8) is 0 Å². The number of benzene rings is 1. The number of nitrogens with zero attached hydrogens (tertiary/aromatic N) is 4. The van der Waals surface area contributed by atoms with Gasteiger partial charge in [-0.2, -0.15) is 10.5 Å². The summed E-state index contributed by atoms with van der Waals surface area (Å²) in [6.45, 7) is 4.67. The highest BCUT2D eigenvalue weighted by molar-refractivity contribution is 8.00. The van der Waals surface area contributed by atoms with E-state index in [1.807, 2.05) is 30.0 Å². The first-order valence-corrected chi connectivity index (χ1v) is 12.4. The molecule has 1 fully saturated rings. The Morgan fingerprint density at radius 3 is 2.34 bits per heavy atom. The fraction of sp³-hybridized carbons (Fsp3) is 0.400. The van der Waals surface area contributed by atoms with Crippen LogP contribution in [0.25, 0.3) is 0 Å². The molecule has 1 aromatic heterocycles. The Balaban J connectivity index is 1.97. The van der Waals surface area contributed by atoms with Gasteiger partial charge in [0.15, 0.2) is 0 Å². The van der Waals surface area contributed by atoms with Crippen LogP contribution < -0.4 is 21.7 Å². The largest absolute Gasteiger partial charge is 0.368 e. The van der Waals surface area contributed by atoms with Crippen LogP contribution >= 0.6 is 11.8 Å². The van der Waals surface area contributed by atoms with Crippen LogP contribution in [-0.4, -0.2) is 42.0 Å². The molecule has 182 valence electrons. The number of rotatable bonds is 8. The van der Waals surface area contributed by atoms with Crippen molar-refractivity contribution in [2.75, 3.05) is 18.0 Å². The monoisotopic (exact) mass is 491 g/mol. The summed E-state index contributed by atoms with van der Waals surface area (Å²) in [4.78, 5) is 31.0. The van der Waals surface area contributed by atoms with E-state index in [9.17, 15) is 20.1 Å². The van der Waals surface area contributed by atoms with Crippen LogP contribution in [0.3, 0.4) is 0 Å². The fourth-order valence-electron chi connectivity index (χ4n) is 4.10. The van der Waals surface area contributed by atoms with Gasteiger partial charge >= 0.3 is 0 Å². The number of hydrogen-bond donors (Lipinski definition) is 3. The molecule has 10 heteroatoms. The highest BCUT2D eigenvalue weighted by atomic mass is 32.2. The second-order valence-corrected chi connectivity index (χ2v) is 9.51. The molecule has 0 bridgehead atoms. The molecule has 1 aliphatic heterocycles. The number of carbonyl (C=O) groups is 2.